The Labute approximate surface area is 125 Å². The summed E-state index contributed by atoms with van der Waals surface area (Å²) >= 11 is 3.28. The Balaban J connectivity index is 2.38. The number of hydrogen-bond acceptors (Lipinski definition) is 4. The van der Waals surface area contributed by atoms with Gasteiger partial charge >= 0.3 is 5.97 Å². The average molecular weight is 343 g/mol. The fraction of sp³-hybridized carbons (Fsp3) is 0.308. The van der Waals surface area contributed by atoms with Crippen molar-refractivity contribution in [2.24, 2.45) is 0 Å². The number of nitrogens with one attached hydrogen (secondary N) is 2. The second-order valence-corrected chi connectivity index (χ2v) is 5.00. The molecule has 6 nitrogen and oxygen atoms in total. The van der Waals surface area contributed by atoms with Gasteiger partial charge in [-0.3, -0.25) is 9.59 Å². The van der Waals surface area contributed by atoms with Crippen LogP contribution in [0.5, 0.6) is 0 Å². The van der Waals surface area contributed by atoms with Gasteiger partial charge in [0, 0.05) is 17.1 Å². The molecule has 1 rings (SSSR count). The molecule has 0 aliphatic carbocycles. The Morgan fingerprint density at radius 2 is 1.85 bits per heavy atom. The molecule has 0 saturated carbocycles. The van der Waals surface area contributed by atoms with Crippen LogP contribution in [0.1, 0.15) is 13.8 Å². The van der Waals surface area contributed by atoms with Gasteiger partial charge in [0.1, 0.15) is 6.04 Å². The van der Waals surface area contributed by atoms with Crippen molar-refractivity contribution in [2.75, 3.05) is 11.9 Å². The minimum Gasteiger partial charge on any atom is -0.454 e. The molecule has 0 bridgehead atoms. The summed E-state index contributed by atoms with van der Waals surface area (Å²) in [6.45, 7) is 2.37. The maximum Gasteiger partial charge on any atom is 0.328 e. The van der Waals surface area contributed by atoms with E-state index < -0.39 is 24.5 Å². The highest BCUT2D eigenvalue weighted by Gasteiger charge is 2.16. The van der Waals surface area contributed by atoms with Crippen LogP contribution in [0.15, 0.2) is 28.7 Å². The molecule has 0 heterocycles. The predicted molar refractivity (Wildman–Crippen MR) is 77.0 cm³/mol. The van der Waals surface area contributed by atoms with Crippen LogP contribution in [-0.4, -0.2) is 30.4 Å². The molecule has 0 saturated heterocycles. The molecule has 7 heteroatoms. The second-order valence-electron chi connectivity index (χ2n) is 4.08. The molecule has 1 atom stereocenters. The molecule has 108 valence electrons. The van der Waals surface area contributed by atoms with Crippen LogP contribution >= 0.6 is 15.9 Å². The summed E-state index contributed by atoms with van der Waals surface area (Å²) in [5.41, 5.74) is 0.601. The van der Waals surface area contributed by atoms with E-state index in [2.05, 4.69) is 26.6 Å². The van der Waals surface area contributed by atoms with Crippen molar-refractivity contribution in [3.63, 3.8) is 0 Å². The fourth-order valence-corrected chi connectivity index (χ4v) is 1.62. The molecular formula is C13H15BrN2O4. The highest BCUT2D eigenvalue weighted by atomic mass is 79.9. The molecule has 2 N–H and O–H groups in total. The van der Waals surface area contributed by atoms with Crippen LogP contribution in [0, 0.1) is 0 Å². The number of ether oxygens (including phenoxy) is 1. The minimum atomic E-state index is -0.784. The van der Waals surface area contributed by atoms with E-state index in [1.807, 2.05) is 0 Å². The van der Waals surface area contributed by atoms with Gasteiger partial charge in [0.25, 0.3) is 5.91 Å². The summed E-state index contributed by atoms with van der Waals surface area (Å²) in [7, 11) is 0. The maximum atomic E-state index is 11.6. The molecule has 0 spiro atoms. The Morgan fingerprint density at radius 3 is 2.40 bits per heavy atom. The first-order valence-electron chi connectivity index (χ1n) is 5.87. The van der Waals surface area contributed by atoms with Crippen LogP contribution in [0.2, 0.25) is 0 Å². The molecule has 0 fully saturated rings. The number of anilines is 1. The lowest BCUT2D eigenvalue weighted by Crippen LogP contribution is -2.39. The smallest absolute Gasteiger partial charge is 0.328 e. The zero-order valence-electron chi connectivity index (χ0n) is 11.1. The van der Waals surface area contributed by atoms with E-state index in [0.29, 0.717) is 5.69 Å². The Hall–Kier alpha value is -1.89. The number of rotatable bonds is 5. The van der Waals surface area contributed by atoms with Crippen LogP contribution in [-0.2, 0) is 19.1 Å². The van der Waals surface area contributed by atoms with E-state index in [4.69, 9.17) is 4.74 Å². The SMILES string of the molecule is CC(=O)N[C@@H](C)C(=O)OCC(=O)Nc1ccc(Br)cc1. The third kappa shape index (κ3) is 5.83. The van der Waals surface area contributed by atoms with Gasteiger partial charge in [-0.1, -0.05) is 15.9 Å². The first-order valence-corrected chi connectivity index (χ1v) is 6.67. The number of halogens is 1. The van der Waals surface area contributed by atoms with Gasteiger partial charge in [0.15, 0.2) is 6.61 Å². The third-order valence-corrected chi connectivity index (χ3v) is 2.78. The fourth-order valence-electron chi connectivity index (χ4n) is 1.36. The van der Waals surface area contributed by atoms with Crippen molar-refractivity contribution >= 4 is 39.4 Å². The van der Waals surface area contributed by atoms with Gasteiger partial charge in [-0.25, -0.2) is 4.79 Å². The van der Waals surface area contributed by atoms with Gasteiger partial charge in [0.05, 0.1) is 0 Å². The summed E-state index contributed by atoms with van der Waals surface area (Å²) in [6.07, 6.45) is 0. The summed E-state index contributed by atoms with van der Waals surface area (Å²) < 4.78 is 5.68. The zero-order chi connectivity index (χ0) is 15.1. The highest BCUT2D eigenvalue weighted by Crippen LogP contribution is 2.13. The molecule has 2 amide bonds. The first kappa shape index (κ1) is 16.2. The number of hydrogen-bond donors (Lipinski definition) is 2. The number of amides is 2. The molecular weight excluding hydrogens is 328 g/mol. The Bertz CT molecular complexity index is 502. The average Bonchev–Trinajstić information content (AvgIpc) is 2.38. The largest absolute Gasteiger partial charge is 0.454 e. The normalized spacial score (nSPS) is 11.3. The van der Waals surface area contributed by atoms with Gasteiger partial charge in [0.2, 0.25) is 5.91 Å². The van der Waals surface area contributed by atoms with Crippen molar-refractivity contribution in [3.05, 3.63) is 28.7 Å². The van der Waals surface area contributed by atoms with E-state index in [9.17, 15) is 14.4 Å². The van der Waals surface area contributed by atoms with Gasteiger partial charge < -0.3 is 15.4 Å². The van der Waals surface area contributed by atoms with Crippen LogP contribution in [0.4, 0.5) is 5.69 Å². The lowest BCUT2D eigenvalue weighted by Gasteiger charge is -2.12. The molecule has 1 aromatic rings. The highest BCUT2D eigenvalue weighted by molar-refractivity contribution is 9.10. The molecule has 0 aromatic heterocycles. The van der Waals surface area contributed by atoms with E-state index in [0.717, 1.165) is 4.47 Å². The molecule has 0 unspecified atom stereocenters. The van der Waals surface area contributed by atoms with E-state index in [-0.39, 0.29) is 5.91 Å². The van der Waals surface area contributed by atoms with Crippen molar-refractivity contribution in [3.8, 4) is 0 Å². The topological polar surface area (TPSA) is 84.5 Å². The number of esters is 1. The molecule has 20 heavy (non-hydrogen) atoms. The lowest BCUT2D eigenvalue weighted by molar-refractivity contribution is -0.150. The van der Waals surface area contributed by atoms with Crippen molar-refractivity contribution < 1.29 is 19.1 Å². The van der Waals surface area contributed by atoms with Crippen molar-refractivity contribution in [1.82, 2.24) is 5.32 Å². The summed E-state index contributed by atoms with van der Waals surface area (Å²) in [6, 6.07) is 6.20. The van der Waals surface area contributed by atoms with E-state index >= 15 is 0 Å². The quantitative estimate of drug-likeness (QED) is 0.793. The van der Waals surface area contributed by atoms with Gasteiger partial charge in [-0.05, 0) is 31.2 Å². The monoisotopic (exact) mass is 342 g/mol. The first-order chi connectivity index (χ1) is 9.38. The predicted octanol–water partition coefficient (Wildman–Crippen LogP) is 1.46. The van der Waals surface area contributed by atoms with Crippen LogP contribution < -0.4 is 10.6 Å². The maximum absolute atomic E-state index is 11.6. The van der Waals surface area contributed by atoms with Crippen LogP contribution in [0.25, 0.3) is 0 Å². The lowest BCUT2D eigenvalue weighted by atomic mass is 10.3. The molecule has 0 radical (unpaired) electrons. The molecule has 1 aromatic carbocycles. The Morgan fingerprint density at radius 1 is 1.25 bits per heavy atom. The van der Waals surface area contributed by atoms with E-state index in [1.165, 1.54) is 13.8 Å². The zero-order valence-corrected chi connectivity index (χ0v) is 12.7. The van der Waals surface area contributed by atoms with Gasteiger partial charge in [-0.15, -0.1) is 0 Å². The summed E-state index contributed by atoms with van der Waals surface area (Å²) in [4.78, 5) is 33.8. The number of benzene rings is 1. The third-order valence-electron chi connectivity index (χ3n) is 2.25. The van der Waals surface area contributed by atoms with E-state index in [1.54, 1.807) is 24.3 Å². The minimum absolute atomic E-state index is 0.339. The second kappa shape index (κ2) is 7.64. The van der Waals surface area contributed by atoms with Gasteiger partial charge in [-0.2, -0.15) is 0 Å². The molecule has 0 aliphatic heterocycles. The summed E-state index contributed by atoms with van der Waals surface area (Å²) in [5.74, 6) is -1.45. The standard InChI is InChI=1S/C13H15BrN2O4/c1-8(15-9(2)17)13(19)20-7-12(18)16-11-5-3-10(14)4-6-11/h3-6,8H,7H2,1-2H3,(H,15,17)(H,16,18)/t8-/m0/s1. The summed E-state index contributed by atoms with van der Waals surface area (Å²) in [5, 5.41) is 4.95. The Kier molecular flexibility index (Phi) is 6.17. The number of carbonyl (C=O) groups excluding carboxylic acids is 3. The van der Waals surface area contributed by atoms with Crippen molar-refractivity contribution in [1.29, 1.82) is 0 Å². The number of carbonyl (C=O) groups is 3. The van der Waals surface area contributed by atoms with Crippen molar-refractivity contribution in [2.45, 2.75) is 19.9 Å². The molecule has 0 aliphatic rings. The van der Waals surface area contributed by atoms with Crippen LogP contribution in [0.3, 0.4) is 0 Å².